The zero-order valence-corrected chi connectivity index (χ0v) is 13.1. The minimum atomic E-state index is 0.286. The lowest BCUT2D eigenvalue weighted by molar-refractivity contribution is 0.101. The summed E-state index contributed by atoms with van der Waals surface area (Å²) in [4.78, 5) is 4.99. The summed E-state index contributed by atoms with van der Waals surface area (Å²) in [6, 6.07) is 0.921. The summed E-state index contributed by atoms with van der Waals surface area (Å²) < 4.78 is 1.98. The van der Waals surface area contributed by atoms with Crippen LogP contribution >= 0.6 is 0 Å². The van der Waals surface area contributed by atoms with Crippen molar-refractivity contribution in [3.05, 3.63) is 18.0 Å². The number of hydrogen-bond donors (Lipinski definition) is 1. The Morgan fingerprint density at radius 1 is 1.35 bits per heavy atom. The summed E-state index contributed by atoms with van der Waals surface area (Å²) >= 11 is 0. The number of nitrogens with zero attached hydrogens (tertiary/aromatic N) is 4. The second-order valence-electron chi connectivity index (χ2n) is 5.71. The fourth-order valence-electron chi connectivity index (χ4n) is 3.16. The highest BCUT2D eigenvalue weighted by molar-refractivity contribution is 5.11. The standard InChI is InChI=1S/C15H29N5/c1-4-19-8-6-14(7-9-19)18(3)15(10-16)13-11-17-20(5-2)12-13/h11-12,14-15H,4-10,16H2,1-3H3. The average molecular weight is 279 g/mol. The van der Waals surface area contributed by atoms with Gasteiger partial charge in [0.1, 0.15) is 0 Å². The Morgan fingerprint density at radius 3 is 2.55 bits per heavy atom. The Morgan fingerprint density at radius 2 is 2.05 bits per heavy atom. The first-order valence-corrected chi connectivity index (χ1v) is 7.86. The van der Waals surface area contributed by atoms with Crippen LogP contribution in [0.1, 0.15) is 38.3 Å². The molecule has 0 aromatic carbocycles. The van der Waals surface area contributed by atoms with Gasteiger partial charge in [0, 0.05) is 30.9 Å². The first kappa shape index (κ1) is 15.5. The molecule has 20 heavy (non-hydrogen) atoms. The highest BCUT2D eigenvalue weighted by Crippen LogP contribution is 2.25. The Bertz CT molecular complexity index is 395. The van der Waals surface area contributed by atoms with Gasteiger partial charge in [-0.2, -0.15) is 5.10 Å². The molecule has 5 heteroatoms. The van der Waals surface area contributed by atoms with Gasteiger partial charge in [-0.15, -0.1) is 0 Å². The Labute approximate surface area is 122 Å². The third-order valence-electron chi connectivity index (χ3n) is 4.66. The van der Waals surface area contributed by atoms with Crippen LogP contribution in [0, 0.1) is 0 Å². The van der Waals surface area contributed by atoms with Gasteiger partial charge in [0.05, 0.1) is 12.2 Å². The normalized spacial score (nSPS) is 19.6. The Hall–Kier alpha value is -0.910. The lowest BCUT2D eigenvalue weighted by Gasteiger charge is -2.39. The van der Waals surface area contributed by atoms with Crippen LogP contribution in [-0.4, -0.2) is 58.8 Å². The lowest BCUT2D eigenvalue weighted by atomic mass is 10.00. The summed E-state index contributed by atoms with van der Waals surface area (Å²) in [7, 11) is 2.22. The number of rotatable bonds is 6. The molecule has 1 aliphatic heterocycles. The van der Waals surface area contributed by atoms with Gasteiger partial charge in [0.25, 0.3) is 0 Å². The number of hydrogen-bond acceptors (Lipinski definition) is 4. The summed E-state index contributed by atoms with van der Waals surface area (Å²) in [5.41, 5.74) is 7.27. The molecule has 0 saturated carbocycles. The molecule has 114 valence electrons. The molecule has 0 bridgehead atoms. The molecule has 1 saturated heterocycles. The van der Waals surface area contributed by atoms with Crippen molar-refractivity contribution in [3.63, 3.8) is 0 Å². The van der Waals surface area contributed by atoms with E-state index in [1.165, 1.54) is 38.0 Å². The maximum Gasteiger partial charge on any atom is 0.0538 e. The highest BCUT2D eigenvalue weighted by atomic mass is 15.3. The van der Waals surface area contributed by atoms with Gasteiger partial charge >= 0.3 is 0 Å². The third kappa shape index (κ3) is 3.40. The van der Waals surface area contributed by atoms with Crippen molar-refractivity contribution in [2.24, 2.45) is 5.73 Å². The van der Waals surface area contributed by atoms with E-state index in [-0.39, 0.29) is 6.04 Å². The fraction of sp³-hybridized carbons (Fsp3) is 0.800. The molecule has 0 amide bonds. The zero-order chi connectivity index (χ0) is 14.5. The first-order valence-electron chi connectivity index (χ1n) is 7.86. The van der Waals surface area contributed by atoms with Crippen molar-refractivity contribution >= 4 is 0 Å². The van der Waals surface area contributed by atoms with Gasteiger partial charge in [0.15, 0.2) is 0 Å². The minimum absolute atomic E-state index is 0.286. The third-order valence-corrected chi connectivity index (χ3v) is 4.66. The largest absolute Gasteiger partial charge is 0.329 e. The van der Waals surface area contributed by atoms with Crippen LogP contribution in [0.3, 0.4) is 0 Å². The smallest absolute Gasteiger partial charge is 0.0538 e. The predicted molar refractivity (Wildman–Crippen MR) is 82.6 cm³/mol. The maximum atomic E-state index is 6.03. The molecular weight excluding hydrogens is 250 g/mol. The van der Waals surface area contributed by atoms with Crippen LogP contribution < -0.4 is 5.73 Å². The molecule has 2 heterocycles. The molecule has 1 unspecified atom stereocenters. The van der Waals surface area contributed by atoms with E-state index in [1.807, 2.05) is 10.9 Å². The molecule has 1 aromatic heterocycles. The van der Waals surface area contributed by atoms with Gasteiger partial charge in [-0.3, -0.25) is 9.58 Å². The van der Waals surface area contributed by atoms with Crippen molar-refractivity contribution in [2.75, 3.05) is 33.2 Å². The summed E-state index contributed by atoms with van der Waals surface area (Å²) in [5, 5.41) is 4.38. The van der Waals surface area contributed by atoms with Crippen molar-refractivity contribution in [1.82, 2.24) is 19.6 Å². The van der Waals surface area contributed by atoms with E-state index in [0.717, 1.165) is 6.54 Å². The van der Waals surface area contributed by atoms with Gasteiger partial charge in [-0.1, -0.05) is 6.92 Å². The summed E-state index contributed by atoms with van der Waals surface area (Å²) in [6.45, 7) is 9.49. The van der Waals surface area contributed by atoms with Crippen LogP contribution in [-0.2, 0) is 6.54 Å². The van der Waals surface area contributed by atoms with Crippen LogP contribution in [0.2, 0.25) is 0 Å². The fourth-order valence-corrected chi connectivity index (χ4v) is 3.16. The van der Waals surface area contributed by atoms with Crippen molar-refractivity contribution < 1.29 is 0 Å². The molecule has 2 N–H and O–H groups in total. The topological polar surface area (TPSA) is 50.3 Å². The van der Waals surface area contributed by atoms with Crippen molar-refractivity contribution in [3.8, 4) is 0 Å². The van der Waals surface area contributed by atoms with Crippen molar-refractivity contribution in [2.45, 2.75) is 45.3 Å². The van der Waals surface area contributed by atoms with E-state index in [2.05, 4.69) is 42.0 Å². The monoisotopic (exact) mass is 279 g/mol. The van der Waals surface area contributed by atoms with E-state index in [0.29, 0.717) is 12.6 Å². The average Bonchev–Trinajstić information content (AvgIpc) is 2.96. The molecule has 5 nitrogen and oxygen atoms in total. The molecule has 1 atom stereocenters. The lowest BCUT2D eigenvalue weighted by Crippen LogP contribution is -2.45. The van der Waals surface area contributed by atoms with Crippen LogP contribution in [0.25, 0.3) is 0 Å². The van der Waals surface area contributed by atoms with Crippen LogP contribution in [0.5, 0.6) is 0 Å². The Balaban J connectivity index is 2.00. The number of aromatic nitrogens is 2. The first-order chi connectivity index (χ1) is 9.69. The van der Waals surface area contributed by atoms with Gasteiger partial charge in [-0.05, 0) is 46.4 Å². The molecule has 0 aliphatic carbocycles. The van der Waals surface area contributed by atoms with E-state index in [9.17, 15) is 0 Å². The molecule has 0 spiro atoms. The number of likely N-dealkylation sites (tertiary alicyclic amines) is 1. The number of likely N-dealkylation sites (N-methyl/N-ethyl adjacent to an activating group) is 1. The highest BCUT2D eigenvalue weighted by Gasteiger charge is 2.27. The van der Waals surface area contributed by atoms with Crippen LogP contribution in [0.4, 0.5) is 0 Å². The zero-order valence-electron chi connectivity index (χ0n) is 13.1. The molecular formula is C15H29N5. The van der Waals surface area contributed by atoms with E-state index in [4.69, 9.17) is 5.73 Å². The molecule has 0 radical (unpaired) electrons. The van der Waals surface area contributed by atoms with E-state index in [1.54, 1.807) is 0 Å². The molecule has 1 aliphatic rings. The van der Waals surface area contributed by atoms with E-state index < -0.39 is 0 Å². The van der Waals surface area contributed by atoms with Gasteiger partial charge in [0.2, 0.25) is 0 Å². The summed E-state index contributed by atoms with van der Waals surface area (Å²) in [6.07, 6.45) is 6.58. The van der Waals surface area contributed by atoms with Crippen LogP contribution in [0.15, 0.2) is 12.4 Å². The van der Waals surface area contributed by atoms with Crippen molar-refractivity contribution in [1.29, 1.82) is 0 Å². The second kappa shape index (κ2) is 7.20. The van der Waals surface area contributed by atoms with Gasteiger partial charge in [-0.25, -0.2) is 0 Å². The van der Waals surface area contributed by atoms with Gasteiger partial charge < -0.3 is 10.6 Å². The van der Waals surface area contributed by atoms with E-state index >= 15 is 0 Å². The maximum absolute atomic E-state index is 6.03. The predicted octanol–water partition coefficient (Wildman–Crippen LogP) is 1.32. The Kier molecular flexibility index (Phi) is 5.57. The summed E-state index contributed by atoms with van der Waals surface area (Å²) in [5.74, 6) is 0. The number of aryl methyl sites for hydroxylation is 1. The SMILES string of the molecule is CCN1CCC(N(C)C(CN)c2cnn(CC)c2)CC1. The quantitative estimate of drug-likeness (QED) is 0.853. The molecule has 2 rings (SSSR count). The minimum Gasteiger partial charge on any atom is -0.329 e. The number of nitrogens with two attached hydrogens (primary N) is 1. The number of piperidine rings is 1. The second-order valence-corrected chi connectivity index (χ2v) is 5.71. The molecule has 1 fully saturated rings. The molecule has 1 aromatic rings.